The van der Waals surface area contributed by atoms with Crippen LogP contribution in [0.15, 0.2) is 0 Å². The molecular formula is C15H25N5S. The molecule has 6 heteroatoms. The first kappa shape index (κ1) is 14.8. The predicted octanol–water partition coefficient (Wildman–Crippen LogP) is 4.02. The number of nitrogens with zero attached hydrogens (tertiary/aromatic N) is 2. The van der Waals surface area contributed by atoms with Gasteiger partial charge in [0.25, 0.3) is 0 Å². The Hall–Kier alpha value is -1.17. The minimum Gasteiger partial charge on any atom is -0.353 e. The molecule has 1 heterocycles. The lowest BCUT2D eigenvalue weighted by molar-refractivity contribution is 0.458. The Morgan fingerprint density at radius 2 is 1.19 bits per heavy atom. The molecule has 0 aromatic carbocycles. The van der Waals surface area contributed by atoms with E-state index in [1.54, 1.807) is 0 Å². The minimum absolute atomic E-state index is 0.408. The fraction of sp³-hybridized carbons (Fsp3) is 0.800. The second kappa shape index (κ2) is 7.20. The Bertz CT molecular complexity index is 462. The van der Waals surface area contributed by atoms with Crippen molar-refractivity contribution in [2.45, 2.75) is 76.3 Å². The largest absolute Gasteiger partial charge is 0.353 e. The third-order valence-corrected chi connectivity index (χ3v) is 4.73. The van der Waals surface area contributed by atoms with Crippen molar-refractivity contribution in [1.29, 1.82) is 0 Å². The summed E-state index contributed by atoms with van der Waals surface area (Å²) in [7, 11) is 0. The Kier molecular flexibility index (Phi) is 5.06. The molecule has 0 bridgehead atoms. The maximum Gasteiger partial charge on any atom is 0.225 e. The lowest BCUT2D eigenvalue weighted by Crippen LogP contribution is -2.26. The Labute approximate surface area is 131 Å². The summed E-state index contributed by atoms with van der Waals surface area (Å²) in [4.78, 5) is 11.9. The van der Waals surface area contributed by atoms with E-state index in [0.29, 0.717) is 16.9 Å². The number of H-pyrrole nitrogens is 1. The van der Waals surface area contributed by atoms with Gasteiger partial charge in [-0.1, -0.05) is 38.5 Å². The molecule has 0 atom stereocenters. The minimum atomic E-state index is 0.408. The first-order chi connectivity index (χ1) is 10.3. The first-order valence-corrected chi connectivity index (χ1v) is 8.72. The zero-order valence-electron chi connectivity index (χ0n) is 12.5. The summed E-state index contributed by atoms with van der Waals surface area (Å²) in [6.45, 7) is 0. The van der Waals surface area contributed by atoms with Crippen LogP contribution in [0.25, 0.3) is 0 Å². The highest BCUT2D eigenvalue weighted by Gasteiger charge is 2.16. The molecule has 5 nitrogen and oxygen atoms in total. The third-order valence-electron chi connectivity index (χ3n) is 4.54. The van der Waals surface area contributed by atoms with E-state index < -0.39 is 0 Å². The van der Waals surface area contributed by atoms with Crippen LogP contribution in [0, 0.1) is 4.77 Å². The van der Waals surface area contributed by atoms with Crippen LogP contribution in [0.3, 0.4) is 0 Å². The van der Waals surface area contributed by atoms with Crippen molar-refractivity contribution in [3.05, 3.63) is 4.77 Å². The number of aromatic nitrogens is 3. The van der Waals surface area contributed by atoms with Crippen LogP contribution in [-0.2, 0) is 0 Å². The number of aromatic amines is 1. The van der Waals surface area contributed by atoms with Crippen molar-refractivity contribution in [1.82, 2.24) is 15.0 Å². The van der Waals surface area contributed by atoms with Crippen LogP contribution >= 0.6 is 12.2 Å². The van der Waals surface area contributed by atoms with Gasteiger partial charge in [0.1, 0.15) is 0 Å². The summed E-state index contributed by atoms with van der Waals surface area (Å²) in [5.41, 5.74) is 0. The van der Waals surface area contributed by atoms with Gasteiger partial charge < -0.3 is 10.6 Å². The molecule has 0 unspecified atom stereocenters. The first-order valence-electron chi connectivity index (χ1n) is 8.31. The molecule has 2 aliphatic rings. The number of anilines is 2. The fourth-order valence-electron chi connectivity index (χ4n) is 3.40. The summed E-state index contributed by atoms with van der Waals surface area (Å²) in [6, 6.07) is 1.03. The van der Waals surface area contributed by atoms with Crippen molar-refractivity contribution >= 4 is 24.1 Å². The summed E-state index contributed by atoms with van der Waals surface area (Å²) < 4.78 is 0.408. The molecule has 0 amide bonds. The van der Waals surface area contributed by atoms with Crippen molar-refractivity contribution in [3.8, 4) is 0 Å². The SMILES string of the molecule is S=c1nc(NC2CCCCC2)[nH]c(NC2CCCCC2)n1. The second-order valence-electron chi connectivity index (χ2n) is 6.29. The molecule has 0 radical (unpaired) electrons. The average Bonchev–Trinajstić information content (AvgIpc) is 2.48. The molecule has 116 valence electrons. The monoisotopic (exact) mass is 307 g/mol. The Balaban J connectivity index is 1.65. The van der Waals surface area contributed by atoms with Gasteiger partial charge in [-0.25, -0.2) is 0 Å². The smallest absolute Gasteiger partial charge is 0.225 e. The van der Waals surface area contributed by atoms with Gasteiger partial charge in [-0.15, -0.1) is 0 Å². The molecule has 3 N–H and O–H groups in total. The number of hydrogen-bond donors (Lipinski definition) is 3. The van der Waals surface area contributed by atoms with Gasteiger partial charge in [-0.3, -0.25) is 4.98 Å². The zero-order valence-corrected chi connectivity index (χ0v) is 13.3. The van der Waals surface area contributed by atoms with Crippen LogP contribution in [0.4, 0.5) is 11.9 Å². The lowest BCUT2D eigenvalue weighted by atomic mass is 9.96. The zero-order chi connectivity index (χ0) is 14.5. The lowest BCUT2D eigenvalue weighted by Gasteiger charge is -2.25. The maximum absolute atomic E-state index is 5.20. The molecule has 1 aromatic heterocycles. The molecule has 2 aliphatic carbocycles. The normalized spacial score (nSPS) is 21.1. The molecule has 2 saturated carbocycles. The van der Waals surface area contributed by atoms with Crippen molar-refractivity contribution in [3.63, 3.8) is 0 Å². The van der Waals surface area contributed by atoms with Crippen molar-refractivity contribution in [2.24, 2.45) is 0 Å². The molecule has 1 aromatic rings. The van der Waals surface area contributed by atoms with Gasteiger partial charge in [0.15, 0.2) is 0 Å². The summed E-state index contributed by atoms with van der Waals surface area (Å²) in [6.07, 6.45) is 12.8. The molecular weight excluding hydrogens is 282 g/mol. The Morgan fingerprint density at radius 3 is 1.62 bits per heavy atom. The molecule has 0 aliphatic heterocycles. The highest BCUT2D eigenvalue weighted by atomic mass is 32.1. The maximum atomic E-state index is 5.20. The van der Waals surface area contributed by atoms with E-state index in [2.05, 4.69) is 25.6 Å². The van der Waals surface area contributed by atoms with E-state index in [0.717, 1.165) is 11.9 Å². The van der Waals surface area contributed by atoms with Crippen LogP contribution < -0.4 is 10.6 Å². The summed E-state index contributed by atoms with van der Waals surface area (Å²) >= 11 is 5.20. The second-order valence-corrected chi connectivity index (χ2v) is 6.65. The summed E-state index contributed by atoms with van der Waals surface area (Å²) in [5, 5.41) is 6.97. The molecule has 2 fully saturated rings. The van der Waals surface area contributed by atoms with Gasteiger partial charge >= 0.3 is 0 Å². The molecule has 3 rings (SSSR count). The summed E-state index contributed by atoms with van der Waals surface area (Å²) in [5.74, 6) is 1.53. The van der Waals surface area contributed by atoms with Gasteiger partial charge in [0, 0.05) is 12.1 Å². The topological polar surface area (TPSA) is 65.6 Å². The number of nitrogens with one attached hydrogen (secondary N) is 3. The van der Waals surface area contributed by atoms with Crippen LogP contribution in [0.2, 0.25) is 0 Å². The Morgan fingerprint density at radius 1 is 0.762 bits per heavy atom. The van der Waals surface area contributed by atoms with E-state index in [4.69, 9.17) is 12.2 Å². The quantitative estimate of drug-likeness (QED) is 0.733. The highest BCUT2D eigenvalue weighted by molar-refractivity contribution is 7.71. The average molecular weight is 307 g/mol. The highest BCUT2D eigenvalue weighted by Crippen LogP contribution is 2.22. The third kappa shape index (κ3) is 4.40. The molecule has 0 spiro atoms. The van der Waals surface area contributed by atoms with Crippen molar-refractivity contribution < 1.29 is 0 Å². The standard InChI is InChI=1S/C15H25N5S/c21-15-19-13(16-11-7-3-1-4-8-11)18-14(20-15)17-12-9-5-2-6-10-12/h11-12H,1-10H2,(H3,16,17,18,19,20,21). The van der Waals surface area contributed by atoms with E-state index >= 15 is 0 Å². The van der Waals surface area contributed by atoms with E-state index in [-0.39, 0.29) is 0 Å². The van der Waals surface area contributed by atoms with E-state index in [1.165, 1.54) is 64.2 Å². The van der Waals surface area contributed by atoms with Gasteiger partial charge in [0.2, 0.25) is 16.7 Å². The van der Waals surface area contributed by atoms with Crippen LogP contribution in [-0.4, -0.2) is 27.0 Å². The van der Waals surface area contributed by atoms with Crippen LogP contribution in [0.1, 0.15) is 64.2 Å². The van der Waals surface area contributed by atoms with Gasteiger partial charge in [-0.05, 0) is 37.9 Å². The van der Waals surface area contributed by atoms with Crippen molar-refractivity contribution in [2.75, 3.05) is 10.6 Å². The molecule has 21 heavy (non-hydrogen) atoms. The van der Waals surface area contributed by atoms with E-state index in [9.17, 15) is 0 Å². The van der Waals surface area contributed by atoms with E-state index in [1.807, 2.05) is 0 Å². The van der Waals surface area contributed by atoms with Crippen LogP contribution in [0.5, 0.6) is 0 Å². The number of rotatable bonds is 4. The number of hydrogen-bond acceptors (Lipinski definition) is 5. The molecule has 0 saturated heterocycles. The predicted molar refractivity (Wildman–Crippen MR) is 88.2 cm³/mol. The fourth-order valence-corrected chi connectivity index (χ4v) is 3.58. The van der Waals surface area contributed by atoms with Gasteiger partial charge in [-0.2, -0.15) is 9.97 Å². The van der Waals surface area contributed by atoms with Gasteiger partial charge in [0.05, 0.1) is 0 Å².